The molecule has 0 fully saturated rings. The molecule has 1 heterocycles. The highest BCUT2D eigenvalue weighted by Crippen LogP contribution is 2.30. The minimum Gasteiger partial charge on any atom is -0.496 e. The van der Waals surface area contributed by atoms with Crippen molar-refractivity contribution in [2.45, 2.75) is 51.9 Å². The van der Waals surface area contributed by atoms with Crippen molar-refractivity contribution in [2.75, 3.05) is 12.9 Å². The molecule has 0 aliphatic rings. The Labute approximate surface area is 187 Å². The lowest BCUT2D eigenvalue weighted by Crippen LogP contribution is -2.10. The summed E-state index contributed by atoms with van der Waals surface area (Å²) >= 11 is 1.36. The number of nitrogens with one attached hydrogen (secondary N) is 1. The summed E-state index contributed by atoms with van der Waals surface area (Å²) in [5.74, 6) is 1.77. The monoisotopic (exact) mass is 438 g/mol. The third-order valence-corrected chi connectivity index (χ3v) is 6.28. The van der Waals surface area contributed by atoms with Crippen molar-refractivity contribution in [1.29, 1.82) is 0 Å². The topological polar surface area (TPSA) is 72.0 Å². The number of carbonyl (C=O) groups is 1. The van der Waals surface area contributed by atoms with Crippen LogP contribution in [0.4, 0.5) is 0 Å². The van der Waals surface area contributed by atoms with Gasteiger partial charge in [0.25, 0.3) is 5.56 Å². The summed E-state index contributed by atoms with van der Waals surface area (Å²) < 4.78 is 5.51. The number of aromatic amines is 1. The fourth-order valence-corrected chi connectivity index (χ4v) is 4.36. The quantitative estimate of drug-likeness (QED) is 0.360. The van der Waals surface area contributed by atoms with Gasteiger partial charge in [0, 0.05) is 11.3 Å². The molecule has 0 spiro atoms. The van der Waals surface area contributed by atoms with Crippen LogP contribution in [-0.2, 0) is 0 Å². The Morgan fingerprint density at radius 3 is 2.55 bits per heavy atom. The molecule has 164 valence electrons. The van der Waals surface area contributed by atoms with Gasteiger partial charge in [-0.3, -0.25) is 9.59 Å². The van der Waals surface area contributed by atoms with Gasteiger partial charge >= 0.3 is 0 Å². The number of carbonyl (C=O) groups excluding carboxylic acids is 1. The minimum atomic E-state index is -0.201. The Balaban J connectivity index is 1.65. The van der Waals surface area contributed by atoms with E-state index in [1.54, 1.807) is 37.4 Å². The Kier molecular flexibility index (Phi) is 8.71. The fourth-order valence-electron chi connectivity index (χ4n) is 3.54. The van der Waals surface area contributed by atoms with E-state index in [9.17, 15) is 9.59 Å². The molecule has 2 aromatic carbocycles. The number of fused-ring (bicyclic) bond motifs is 1. The van der Waals surface area contributed by atoms with Crippen molar-refractivity contribution >= 4 is 27.8 Å². The van der Waals surface area contributed by atoms with Crippen LogP contribution >= 0.6 is 11.8 Å². The molecule has 0 saturated heterocycles. The highest BCUT2D eigenvalue weighted by atomic mass is 32.2. The average Bonchev–Trinajstić information content (AvgIpc) is 2.80. The molecule has 0 amide bonds. The molecule has 31 heavy (non-hydrogen) atoms. The van der Waals surface area contributed by atoms with Crippen molar-refractivity contribution in [3.63, 3.8) is 0 Å². The van der Waals surface area contributed by atoms with Gasteiger partial charge in [-0.1, -0.05) is 69.3 Å². The molecule has 0 radical (unpaired) electrons. The molecule has 0 atom stereocenters. The van der Waals surface area contributed by atoms with Gasteiger partial charge in [0.15, 0.2) is 0 Å². The van der Waals surface area contributed by atoms with Crippen LogP contribution in [-0.4, -0.2) is 27.9 Å². The van der Waals surface area contributed by atoms with E-state index in [4.69, 9.17) is 4.74 Å². The zero-order valence-corrected chi connectivity index (χ0v) is 19.1. The van der Waals surface area contributed by atoms with Crippen LogP contribution in [0.25, 0.3) is 22.3 Å². The number of benzene rings is 2. The number of aromatic nitrogens is 2. The van der Waals surface area contributed by atoms with Crippen molar-refractivity contribution in [3.8, 4) is 17.1 Å². The smallest absolute Gasteiger partial charge is 0.259 e. The summed E-state index contributed by atoms with van der Waals surface area (Å²) in [5, 5.41) is 0.578. The SMILES string of the molecule is CCCCCCCCCSC(=O)c1ccc(-c2nc3ccccc3c(=O)[nH]2)c(OC)c1. The highest BCUT2D eigenvalue weighted by Gasteiger charge is 2.14. The van der Waals surface area contributed by atoms with E-state index in [0.717, 1.165) is 12.2 Å². The Morgan fingerprint density at radius 2 is 1.77 bits per heavy atom. The molecule has 0 aliphatic heterocycles. The number of methoxy groups -OCH3 is 1. The van der Waals surface area contributed by atoms with Crippen LogP contribution in [0.15, 0.2) is 47.3 Å². The summed E-state index contributed by atoms with van der Waals surface area (Å²) in [5.41, 5.74) is 1.66. The predicted octanol–water partition coefficient (Wildman–Crippen LogP) is 6.22. The maximum Gasteiger partial charge on any atom is 0.259 e. The first-order valence-corrected chi connectivity index (χ1v) is 12.0. The summed E-state index contributed by atoms with van der Waals surface area (Å²) in [6, 6.07) is 12.5. The molecule has 0 unspecified atom stereocenters. The number of H-pyrrole nitrogens is 1. The Hall–Kier alpha value is -2.60. The van der Waals surface area contributed by atoms with Crippen LogP contribution in [0.5, 0.6) is 5.75 Å². The standard InChI is InChI=1S/C25H30N2O3S/c1-3-4-5-6-7-8-11-16-31-25(29)18-14-15-20(22(17-18)30-2)23-26-21-13-10-9-12-19(21)24(28)27-23/h9-10,12-15,17H,3-8,11,16H2,1-2H3,(H,26,27,28). The molecule has 0 saturated carbocycles. The second-order valence-corrected chi connectivity index (χ2v) is 8.67. The number of ether oxygens (including phenoxy) is 1. The van der Waals surface area contributed by atoms with Gasteiger partial charge in [-0.15, -0.1) is 0 Å². The molecule has 0 aliphatic carbocycles. The van der Waals surface area contributed by atoms with E-state index in [1.165, 1.54) is 50.3 Å². The third kappa shape index (κ3) is 6.20. The molecular formula is C25H30N2O3S. The molecule has 0 bridgehead atoms. The van der Waals surface area contributed by atoms with Crippen molar-refractivity contribution < 1.29 is 9.53 Å². The first-order chi connectivity index (χ1) is 15.1. The number of nitrogens with zero attached hydrogens (tertiary/aromatic N) is 1. The number of thioether (sulfide) groups is 1. The van der Waals surface area contributed by atoms with Crippen molar-refractivity contribution in [3.05, 3.63) is 58.4 Å². The summed E-state index contributed by atoms with van der Waals surface area (Å²) in [6.45, 7) is 2.22. The Bertz CT molecular complexity index is 1080. The molecule has 5 nitrogen and oxygen atoms in total. The highest BCUT2D eigenvalue weighted by molar-refractivity contribution is 8.14. The lowest BCUT2D eigenvalue weighted by Gasteiger charge is -2.10. The number of hydrogen-bond acceptors (Lipinski definition) is 5. The van der Waals surface area contributed by atoms with Crippen LogP contribution in [0.1, 0.15) is 62.2 Å². The first-order valence-electron chi connectivity index (χ1n) is 11.0. The van der Waals surface area contributed by atoms with Gasteiger partial charge in [-0.25, -0.2) is 4.98 Å². The molecule has 3 rings (SSSR count). The minimum absolute atomic E-state index is 0.0378. The van der Waals surface area contributed by atoms with Gasteiger partial charge < -0.3 is 9.72 Å². The lowest BCUT2D eigenvalue weighted by atomic mass is 10.1. The maximum atomic E-state index is 12.6. The maximum absolute atomic E-state index is 12.6. The van der Waals surface area contributed by atoms with E-state index in [-0.39, 0.29) is 10.7 Å². The van der Waals surface area contributed by atoms with Gasteiger partial charge in [0.05, 0.1) is 23.6 Å². The van der Waals surface area contributed by atoms with E-state index < -0.39 is 0 Å². The number of rotatable bonds is 11. The zero-order chi connectivity index (χ0) is 22.1. The number of para-hydroxylation sites is 1. The normalized spacial score (nSPS) is 11.0. The van der Waals surface area contributed by atoms with Crippen molar-refractivity contribution in [1.82, 2.24) is 9.97 Å². The van der Waals surface area contributed by atoms with Crippen LogP contribution in [0, 0.1) is 0 Å². The van der Waals surface area contributed by atoms with Crippen molar-refractivity contribution in [2.24, 2.45) is 0 Å². The molecule has 3 aromatic rings. The third-order valence-electron chi connectivity index (χ3n) is 5.29. The molecule has 6 heteroatoms. The largest absolute Gasteiger partial charge is 0.496 e. The van der Waals surface area contributed by atoms with E-state index in [2.05, 4.69) is 16.9 Å². The van der Waals surface area contributed by atoms with Crippen LogP contribution in [0.3, 0.4) is 0 Å². The van der Waals surface area contributed by atoms with E-state index in [0.29, 0.717) is 33.6 Å². The van der Waals surface area contributed by atoms with Crippen LogP contribution < -0.4 is 10.3 Å². The summed E-state index contributed by atoms with van der Waals surface area (Å²) in [4.78, 5) is 32.4. The summed E-state index contributed by atoms with van der Waals surface area (Å²) in [7, 11) is 1.55. The lowest BCUT2D eigenvalue weighted by molar-refractivity contribution is 0.108. The van der Waals surface area contributed by atoms with Gasteiger partial charge in [0.1, 0.15) is 11.6 Å². The van der Waals surface area contributed by atoms with Gasteiger partial charge in [-0.2, -0.15) is 0 Å². The first kappa shape index (κ1) is 23.1. The fraction of sp³-hybridized carbons (Fsp3) is 0.400. The zero-order valence-electron chi connectivity index (χ0n) is 18.3. The molecule has 1 aromatic heterocycles. The second-order valence-electron chi connectivity index (χ2n) is 7.60. The number of unbranched alkanes of at least 4 members (excludes halogenated alkanes) is 6. The predicted molar refractivity (Wildman–Crippen MR) is 129 cm³/mol. The van der Waals surface area contributed by atoms with Crippen LogP contribution in [0.2, 0.25) is 0 Å². The molecule has 1 N–H and O–H groups in total. The second kappa shape index (κ2) is 11.7. The number of hydrogen-bond donors (Lipinski definition) is 1. The van der Waals surface area contributed by atoms with Gasteiger partial charge in [0.2, 0.25) is 5.12 Å². The van der Waals surface area contributed by atoms with E-state index >= 15 is 0 Å². The van der Waals surface area contributed by atoms with Gasteiger partial charge in [-0.05, 0) is 36.8 Å². The van der Waals surface area contributed by atoms with E-state index in [1.807, 2.05) is 12.1 Å². The summed E-state index contributed by atoms with van der Waals surface area (Å²) in [6.07, 6.45) is 8.65. The Morgan fingerprint density at radius 1 is 1.03 bits per heavy atom. The average molecular weight is 439 g/mol. The molecular weight excluding hydrogens is 408 g/mol.